The Hall–Kier alpha value is -0.860. The summed E-state index contributed by atoms with van der Waals surface area (Å²) in [5.74, 6) is 0.652. The molecule has 0 spiro atoms. The van der Waals surface area contributed by atoms with Crippen molar-refractivity contribution in [3.63, 3.8) is 0 Å². The SMILES string of the molecule is CC(C)CCC(O)CC1OCCc2ccccc21. The molecule has 2 rings (SSSR count). The first-order valence-corrected chi connectivity index (χ1v) is 7.04. The highest BCUT2D eigenvalue weighted by Gasteiger charge is 2.23. The number of benzene rings is 1. The lowest BCUT2D eigenvalue weighted by atomic mass is 9.92. The van der Waals surface area contributed by atoms with E-state index in [1.807, 2.05) is 0 Å². The predicted molar refractivity (Wildman–Crippen MR) is 73.5 cm³/mol. The van der Waals surface area contributed by atoms with Crippen LogP contribution in [0.3, 0.4) is 0 Å². The minimum absolute atomic E-state index is 0.0807. The van der Waals surface area contributed by atoms with Crippen LogP contribution in [0.1, 0.15) is 50.3 Å². The van der Waals surface area contributed by atoms with Gasteiger partial charge < -0.3 is 9.84 Å². The van der Waals surface area contributed by atoms with Gasteiger partial charge in [0.05, 0.1) is 18.8 Å². The lowest BCUT2D eigenvalue weighted by Gasteiger charge is -2.28. The minimum Gasteiger partial charge on any atom is -0.393 e. The molecule has 1 heterocycles. The Morgan fingerprint density at radius 3 is 2.83 bits per heavy atom. The highest BCUT2D eigenvalue weighted by molar-refractivity contribution is 5.30. The Bertz CT molecular complexity index is 373. The van der Waals surface area contributed by atoms with Crippen LogP contribution in [-0.4, -0.2) is 17.8 Å². The second kappa shape index (κ2) is 6.35. The molecule has 2 unspecified atom stereocenters. The Morgan fingerprint density at radius 1 is 1.28 bits per heavy atom. The van der Waals surface area contributed by atoms with E-state index in [9.17, 15) is 5.11 Å². The third kappa shape index (κ3) is 3.56. The van der Waals surface area contributed by atoms with Crippen LogP contribution in [-0.2, 0) is 11.2 Å². The van der Waals surface area contributed by atoms with Crippen LogP contribution in [0.15, 0.2) is 24.3 Å². The third-order valence-electron chi connectivity index (χ3n) is 3.66. The molecule has 2 nitrogen and oxygen atoms in total. The average molecular weight is 248 g/mol. The molecule has 0 saturated carbocycles. The van der Waals surface area contributed by atoms with Crippen molar-refractivity contribution in [1.82, 2.24) is 0 Å². The van der Waals surface area contributed by atoms with Crippen LogP contribution in [0.5, 0.6) is 0 Å². The number of aliphatic hydroxyl groups is 1. The van der Waals surface area contributed by atoms with Crippen LogP contribution < -0.4 is 0 Å². The van der Waals surface area contributed by atoms with Crippen LogP contribution in [0.2, 0.25) is 0 Å². The number of rotatable bonds is 5. The zero-order chi connectivity index (χ0) is 13.0. The minimum atomic E-state index is -0.247. The van der Waals surface area contributed by atoms with E-state index in [-0.39, 0.29) is 12.2 Å². The molecule has 1 aliphatic heterocycles. The van der Waals surface area contributed by atoms with E-state index >= 15 is 0 Å². The summed E-state index contributed by atoms with van der Waals surface area (Å²) in [6, 6.07) is 8.44. The first-order valence-electron chi connectivity index (χ1n) is 7.04. The van der Waals surface area contributed by atoms with Gasteiger partial charge in [0, 0.05) is 6.42 Å². The smallest absolute Gasteiger partial charge is 0.0852 e. The van der Waals surface area contributed by atoms with Crippen molar-refractivity contribution >= 4 is 0 Å². The predicted octanol–water partition coefficient (Wildman–Crippen LogP) is 3.49. The van der Waals surface area contributed by atoms with Crippen molar-refractivity contribution in [2.75, 3.05) is 6.61 Å². The zero-order valence-electron chi connectivity index (χ0n) is 11.4. The van der Waals surface area contributed by atoms with Crippen molar-refractivity contribution in [3.8, 4) is 0 Å². The Morgan fingerprint density at radius 2 is 2.06 bits per heavy atom. The average Bonchev–Trinajstić information content (AvgIpc) is 2.37. The summed E-state index contributed by atoms with van der Waals surface area (Å²) in [5.41, 5.74) is 2.65. The van der Waals surface area contributed by atoms with E-state index in [4.69, 9.17) is 4.74 Å². The zero-order valence-corrected chi connectivity index (χ0v) is 11.4. The van der Waals surface area contributed by atoms with Gasteiger partial charge >= 0.3 is 0 Å². The van der Waals surface area contributed by atoms with Gasteiger partial charge in [-0.05, 0) is 36.3 Å². The monoisotopic (exact) mass is 248 g/mol. The summed E-state index contributed by atoms with van der Waals surface area (Å²) in [4.78, 5) is 0. The highest BCUT2D eigenvalue weighted by atomic mass is 16.5. The van der Waals surface area contributed by atoms with Crippen molar-refractivity contribution in [1.29, 1.82) is 0 Å². The Balaban J connectivity index is 1.94. The third-order valence-corrected chi connectivity index (χ3v) is 3.66. The maximum Gasteiger partial charge on any atom is 0.0852 e. The largest absolute Gasteiger partial charge is 0.393 e. The van der Waals surface area contributed by atoms with Crippen molar-refractivity contribution in [2.45, 2.75) is 51.7 Å². The summed E-state index contributed by atoms with van der Waals surface area (Å²) in [6.07, 6.45) is 3.51. The van der Waals surface area contributed by atoms with Crippen LogP contribution in [0, 0.1) is 5.92 Å². The van der Waals surface area contributed by atoms with E-state index in [1.54, 1.807) is 0 Å². The molecule has 0 saturated heterocycles. The molecule has 1 aromatic rings. The summed E-state index contributed by atoms with van der Waals surface area (Å²) in [6.45, 7) is 5.16. The maximum absolute atomic E-state index is 10.1. The van der Waals surface area contributed by atoms with E-state index in [0.717, 1.165) is 32.3 Å². The van der Waals surface area contributed by atoms with E-state index in [1.165, 1.54) is 11.1 Å². The topological polar surface area (TPSA) is 29.5 Å². The molecule has 0 bridgehead atoms. The van der Waals surface area contributed by atoms with E-state index in [0.29, 0.717) is 5.92 Å². The molecule has 2 heteroatoms. The molecule has 1 aromatic carbocycles. The van der Waals surface area contributed by atoms with Crippen molar-refractivity contribution < 1.29 is 9.84 Å². The molecule has 0 aromatic heterocycles. The van der Waals surface area contributed by atoms with E-state index in [2.05, 4.69) is 38.1 Å². The molecule has 18 heavy (non-hydrogen) atoms. The van der Waals surface area contributed by atoms with Gasteiger partial charge in [-0.1, -0.05) is 38.1 Å². The lowest BCUT2D eigenvalue weighted by Crippen LogP contribution is -2.21. The number of hydrogen-bond donors (Lipinski definition) is 1. The standard InChI is InChI=1S/C16H24O2/c1-12(2)7-8-14(17)11-16-15-6-4-3-5-13(15)9-10-18-16/h3-6,12,14,16-17H,7-11H2,1-2H3. The maximum atomic E-state index is 10.1. The van der Waals surface area contributed by atoms with Gasteiger partial charge in [-0.2, -0.15) is 0 Å². The first kappa shape index (κ1) is 13.6. The van der Waals surface area contributed by atoms with Crippen LogP contribution in [0.25, 0.3) is 0 Å². The summed E-state index contributed by atoms with van der Waals surface area (Å²) < 4.78 is 5.82. The summed E-state index contributed by atoms with van der Waals surface area (Å²) in [7, 11) is 0. The molecule has 0 fully saturated rings. The molecule has 1 aliphatic rings. The molecule has 0 radical (unpaired) electrons. The Labute approximate surface area is 110 Å². The van der Waals surface area contributed by atoms with Gasteiger partial charge in [-0.25, -0.2) is 0 Å². The fourth-order valence-corrected chi connectivity index (χ4v) is 2.56. The van der Waals surface area contributed by atoms with Gasteiger partial charge in [-0.15, -0.1) is 0 Å². The van der Waals surface area contributed by atoms with Crippen molar-refractivity contribution in [2.24, 2.45) is 5.92 Å². The molecule has 2 atom stereocenters. The summed E-state index contributed by atoms with van der Waals surface area (Å²) in [5, 5.41) is 10.1. The fraction of sp³-hybridized carbons (Fsp3) is 0.625. The first-order chi connectivity index (χ1) is 8.66. The van der Waals surface area contributed by atoms with Gasteiger partial charge in [-0.3, -0.25) is 0 Å². The molecular weight excluding hydrogens is 224 g/mol. The normalized spacial score (nSPS) is 20.8. The number of aliphatic hydroxyl groups excluding tert-OH is 1. The van der Waals surface area contributed by atoms with Crippen molar-refractivity contribution in [3.05, 3.63) is 35.4 Å². The van der Waals surface area contributed by atoms with Gasteiger partial charge in [0.1, 0.15) is 0 Å². The van der Waals surface area contributed by atoms with Crippen LogP contribution >= 0.6 is 0 Å². The second-order valence-electron chi connectivity index (χ2n) is 5.67. The lowest BCUT2D eigenvalue weighted by molar-refractivity contribution is 0.00144. The Kier molecular flexibility index (Phi) is 4.79. The number of hydrogen-bond acceptors (Lipinski definition) is 2. The molecule has 1 N–H and O–H groups in total. The van der Waals surface area contributed by atoms with Gasteiger partial charge in [0.2, 0.25) is 0 Å². The number of fused-ring (bicyclic) bond motifs is 1. The summed E-state index contributed by atoms with van der Waals surface area (Å²) >= 11 is 0. The van der Waals surface area contributed by atoms with Gasteiger partial charge in [0.15, 0.2) is 0 Å². The molecular formula is C16H24O2. The van der Waals surface area contributed by atoms with E-state index < -0.39 is 0 Å². The number of ether oxygens (including phenoxy) is 1. The molecule has 0 aliphatic carbocycles. The highest BCUT2D eigenvalue weighted by Crippen LogP contribution is 2.31. The fourth-order valence-electron chi connectivity index (χ4n) is 2.56. The van der Waals surface area contributed by atoms with Gasteiger partial charge in [0.25, 0.3) is 0 Å². The quantitative estimate of drug-likeness (QED) is 0.864. The van der Waals surface area contributed by atoms with Crippen LogP contribution in [0.4, 0.5) is 0 Å². The molecule has 0 amide bonds. The second-order valence-corrected chi connectivity index (χ2v) is 5.67. The molecule has 100 valence electrons.